The Morgan fingerprint density at radius 3 is 2.37 bits per heavy atom. The smallest absolute Gasteiger partial charge is 0.379 e. The van der Waals surface area contributed by atoms with Crippen molar-refractivity contribution in [2.45, 2.75) is 13.6 Å². The fourth-order valence-electron chi connectivity index (χ4n) is 1.59. The normalized spacial score (nSPS) is 9.89. The van der Waals surface area contributed by atoms with E-state index in [2.05, 4.69) is 4.74 Å². The largest absolute Gasteiger partial charge is 0.493 e. The Morgan fingerprint density at radius 2 is 1.89 bits per heavy atom. The number of alkyl halides is 1. The molecule has 0 aliphatic carbocycles. The summed E-state index contributed by atoms with van der Waals surface area (Å²) >= 11 is 0. The van der Waals surface area contributed by atoms with Crippen LogP contribution in [0.5, 0.6) is 11.5 Å². The summed E-state index contributed by atoms with van der Waals surface area (Å²) in [6, 6.07) is 2.57. The first-order chi connectivity index (χ1) is 9.08. The van der Waals surface area contributed by atoms with Crippen LogP contribution in [-0.4, -0.2) is 32.6 Å². The molecule has 0 aliphatic heterocycles. The Bertz CT molecular complexity index is 459. The number of carbonyl (C=O) groups is 2. The van der Waals surface area contributed by atoms with Gasteiger partial charge in [-0.3, -0.25) is 4.79 Å². The number of ether oxygens (including phenoxy) is 3. The molecule has 1 aromatic carbocycles. The van der Waals surface area contributed by atoms with E-state index in [0.717, 1.165) is 0 Å². The SMILES string of the molecule is CCOC(=O)C(=O)c1cc(CF)c(OC)c(OC)c1. The monoisotopic (exact) mass is 270 g/mol. The second-order valence-electron chi connectivity index (χ2n) is 3.55. The summed E-state index contributed by atoms with van der Waals surface area (Å²) in [5, 5.41) is 0. The summed E-state index contributed by atoms with van der Waals surface area (Å²) in [6.45, 7) is 0.837. The van der Waals surface area contributed by atoms with Crippen LogP contribution in [0.15, 0.2) is 12.1 Å². The first kappa shape index (κ1) is 14.9. The molecule has 0 bridgehead atoms. The lowest BCUT2D eigenvalue weighted by Crippen LogP contribution is -2.18. The van der Waals surface area contributed by atoms with Gasteiger partial charge in [-0.1, -0.05) is 0 Å². The number of hydrogen-bond acceptors (Lipinski definition) is 5. The minimum atomic E-state index is -0.987. The highest BCUT2D eigenvalue weighted by Gasteiger charge is 2.21. The summed E-state index contributed by atoms with van der Waals surface area (Å²) in [4.78, 5) is 23.1. The summed E-state index contributed by atoms with van der Waals surface area (Å²) in [6.07, 6.45) is 0. The molecule has 0 fully saturated rings. The van der Waals surface area contributed by atoms with E-state index in [1.165, 1.54) is 26.4 Å². The van der Waals surface area contributed by atoms with Crippen LogP contribution in [0.1, 0.15) is 22.8 Å². The summed E-state index contributed by atoms with van der Waals surface area (Å²) < 4.78 is 27.5. The number of methoxy groups -OCH3 is 2. The van der Waals surface area contributed by atoms with Crippen molar-refractivity contribution in [1.29, 1.82) is 0 Å². The van der Waals surface area contributed by atoms with Gasteiger partial charge in [-0.05, 0) is 19.1 Å². The molecule has 6 heteroatoms. The highest BCUT2D eigenvalue weighted by atomic mass is 19.1. The standard InChI is InChI=1S/C13H15FO5/c1-4-19-13(16)11(15)8-5-9(7-14)12(18-3)10(6-8)17-2/h5-6H,4,7H2,1-3H3. The fraction of sp³-hybridized carbons (Fsp3) is 0.385. The van der Waals surface area contributed by atoms with Crippen molar-refractivity contribution in [2.75, 3.05) is 20.8 Å². The van der Waals surface area contributed by atoms with Crippen LogP contribution in [0, 0.1) is 0 Å². The molecular formula is C13H15FO5. The maximum absolute atomic E-state index is 12.9. The molecule has 0 N–H and O–H groups in total. The molecule has 0 saturated carbocycles. The second kappa shape index (κ2) is 6.72. The van der Waals surface area contributed by atoms with Gasteiger partial charge in [-0.15, -0.1) is 0 Å². The Balaban J connectivity index is 3.23. The molecule has 0 radical (unpaired) electrons. The van der Waals surface area contributed by atoms with E-state index in [9.17, 15) is 14.0 Å². The van der Waals surface area contributed by atoms with E-state index in [1.54, 1.807) is 6.92 Å². The molecule has 0 atom stereocenters. The predicted molar refractivity (Wildman–Crippen MR) is 65.3 cm³/mol. The van der Waals surface area contributed by atoms with Crippen LogP contribution in [0.3, 0.4) is 0 Å². The second-order valence-corrected chi connectivity index (χ2v) is 3.55. The molecular weight excluding hydrogens is 255 g/mol. The molecule has 0 aliphatic rings. The summed E-state index contributed by atoms with van der Waals surface area (Å²) in [5.74, 6) is -1.45. The van der Waals surface area contributed by atoms with Gasteiger partial charge in [0.1, 0.15) is 6.67 Å². The van der Waals surface area contributed by atoms with Crippen LogP contribution < -0.4 is 9.47 Å². The zero-order valence-electron chi connectivity index (χ0n) is 11.0. The number of ketones is 1. The van der Waals surface area contributed by atoms with Gasteiger partial charge in [0, 0.05) is 11.1 Å². The average molecular weight is 270 g/mol. The van der Waals surface area contributed by atoms with Crippen LogP contribution in [0.25, 0.3) is 0 Å². The molecule has 0 unspecified atom stereocenters. The first-order valence-electron chi connectivity index (χ1n) is 5.61. The van der Waals surface area contributed by atoms with E-state index in [4.69, 9.17) is 9.47 Å². The number of carbonyl (C=O) groups excluding carboxylic acids is 2. The molecule has 104 valence electrons. The van der Waals surface area contributed by atoms with E-state index < -0.39 is 18.4 Å². The van der Waals surface area contributed by atoms with Crippen LogP contribution in [-0.2, 0) is 16.2 Å². The maximum atomic E-state index is 12.9. The molecule has 19 heavy (non-hydrogen) atoms. The van der Waals surface area contributed by atoms with E-state index in [0.29, 0.717) is 0 Å². The van der Waals surface area contributed by atoms with Crippen molar-refractivity contribution in [2.24, 2.45) is 0 Å². The predicted octanol–water partition coefficient (Wildman–Crippen LogP) is 1.92. The van der Waals surface area contributed by atoms with Crippen molar-refractivity contribution in [3.8, 4) is 11.5 Å². The molecule has 0 saturated heterocycles. The Hall–Kier alpha value is -2.11. The number of rotatable bonds is 6. The zero-order valence-corrected chi connectivity index (χ0v) is 11.0. The lowest BCUT2D eigenvalue weighted by Gasteiger charge is -2.12. The van der Waals surface area contributed by atoms with E-state index in [-0.39, 0.29) is 29.2 Å². The lowest BCUT2D eigenvalue weighted by molar-refractivity contribution is -0.137. The van der Waals surface area contributed by atoms with Gasteiger partial charge in [0.15, 0.2) is 11.5 Å². The topological polar surface area (TPSA) is 61.8 Å². The third-order valence-corrected chi connectivity index (χ3v) is 2.42. The Kier molecular flexibility index (Phi) is 5.29. The van der Waals surface area contributed by atoms with Gasteiger partial charge >= 0.3 is 5.97 Å². The van der Waals surface area contributed by atoms with Crippen molar-refractivity contribution >= 4 is 11.8 Å². The van der Waals surface area contributed by atoms with Crippen molar-refractivity contribution in [3.63, 3.8) is 0 Å². The Morgan fingerprint density at radius 1 is 1.21 bits per heavy atom. The third kappa shape index (κ3) is 3.21. The molecule has 0 aromatic heterocycles. The average Bonchev–Trinajstić information content (AvgIpc) is 2.44. The zero-order chi connectivity index (χ0) is 14.4. The molecule has 0 heterocycles. The highest BCUT2D eigenvalue weighted by molar-refractivity contribution is 6.40. The Labute approximate surface area is 110 Å². The number of benzene rings is 1. The van der Waals surface area contributed by atoms with Gasteiger partial charge in [0.25, 0.3) is 5.78 Å². The number of esters is 1. The van der Waals surface area contributed by atoms with E-state index in [1.807, 2.05) is 0 Å². The molecule has 1 rings (SSSR count). The molecule has 0 spiro atoms. The first-order valence-corrected chi connectivity index (χ1v) is 5.61. The van der Waals surface area contributed by atoms with Gasteiger partial charge in [-0.2, -0.15) is 0 Å². The number of Topliss-reactive ketones (excluding diaryl/α,β-unsaturated/α-hetero) is 1. The van der Waals surface area contributed by atoms with Crippen molar-refractivity contribution < 1.29 is 28.2 Å². The van der Waals surface area contributed by atoms with Crippen LogP contribution >= 0.6 is 0 Å². The van der Waals surface area contributed by atoms with Gasteiger partial charge in [-0.25, -0.2) is 9.18 Å². The van der Waals surface area contributed by atoms with Gasteiger partial charge in [0.05, 0.1) is 20.8 Å². The van der Waals surface area contributed by atoms with Gasteiger partial charge in [0.2, 0.25) is 0 Å². The van der Waals surface area contributed by atoms with E-state index >= 15 is 0 Å². The number of hydrogen-bond donors (Lipinski definition) is 0. The molecule has 0 amide bonds. The number of halogens is 1. The maximum Gasteiger partial charge on any atom is 0.379 e. The van der Waals surface area contributed by atoms with Crippen LogP contribution in [0.4, 0.5) is 4.39 Å². The third-order valence-electron chi connectivity index (χ3n) is 2.42. The quantitative estimate of drug-likeness (QED) is 0.449. The van der Waals surface area contributed by atoms with Gasteiger partial charge < -0.3 is 14.2 Å². The fourth-order valence-corrected chi connectivity index (χ4v) is 1.59. The minimum absolute atomic E-state index is 0.00347. The minimum Gasteiger partial charge on any atom is -0.493 e. The summed E-state index contributed by atoms with van der Waals surface area (Å²) in [5.41, 5.74) is 0.137. The highest BCUT2D eigenvalue weighted by Crippen LogP contribution is 2.33. The van der Waals surface area contributed by atoms with Crippen molar-refractivity contribution in [1.82, 2.24) is 0 Å². The molecule has 5 nitrogen and oxygen atoms in total. The lowest BCUT2D eigenvalue weighted by atomic mass is 10.1. The van der Waals surface area contributed by atoms with Crippen LogP contribution in [0.2, 0.25) is 0 Å². The molecule has 1 aromatic rings. The summed E-state index contributed by atoms with van der Waals surface area (Å²) in [7, 11) is 2.72. The van der Waals surface area contributed by atoms with Crippen molar-refractivity contribution in [3.05, 3.63) is 23.3 Å².